The molecule has 4 nitrogen and oxygen atoms in total. The van der Waals surface area contributed by atoms with E-state index < -0.39 is 0 Å². The van der Waals surface area contributed by atoms with Crippen LogP contribution < -0.4 is 10.1 Å². The van der Waals surface area contributed by atoms with Crippen molar-refractivity contribution in [2.45, 2.75) is 47.6 Å². The van der Waals surface area contributed by atoms with Gasteiger partial charge in [0.2, 0.25) is 5.88 Å². The van der Waals surface area contributed by atoms with Crippen LogP contribution in [0.3, 0.4) is 0 Å². The van der Waals surface area contributed by atoms with Gasteiger partial charge in [-0.2, -0.15) is 4.98 Å². The zero-order valence-corrected chi connectivity index (χ0v) is 11.7. The lowest BCUT2D eigenvalue weighted by Crippen LogP contribution is -2.31. The number of aromatic nitrogens is 2. The van der Waals surface area contributed by atoms with Crippen molar-refractivity contribution in [1.29, 1.82) is 0 Å². The zero-order chi connectivity index (χ0) is 13.1. The first-order valence-corrected chi connectivity index (χ1v) is 6.08. The van der Waals surface area contributed by atoms with Gasteiger partial charge in [-0.1, -0.05) is 20.8 Å². The number of ether oxygens (including phenoxy) is 1. The third kappa shape index (κ3) is 4.21. The van der Waals surface area contributed by atoms with Crippen LogP contribution in [0.25, 0.3) is 0 Å². The van der Waals surface area contributed by atoms with Crippen molar-refractivity contribution in [3.05, 3.63) is 11.9 Å². The minimum atomic E-state index is 0.185. The molecule has 1 aromatic rings. The van der Waals surface area contributed by atoms with E-state index in [4.69, 9.17) is 4.74 Å². The minimum Gasteiger partial charge on any atom is -0.478 e. The Hall–Kier alpha value is -1.32. The molecule has 17 heavy (non-hydrogen) atoms. The van der Waals surface area contributed by atoms with Gasteiger partial charge in [0.25, 0.3) is 0 Å². The molecule has 0 aromatic carbocycles. The summed E-state index contributed by atoms with van der Waals surface area (Å²) in [5.74, 6) is 2.17. The molecular formula is C13H23N3O. The van der Waals surface area contributed by atoms with Crippen LogP contribution in [0.4, 0.5) is 5.82 Å². The van der Waals surface area contributed by atoms with E-state index in [1.165, 1.54) is 0 Å². The second-order valence-electron chi connectivity index (χ2n) is 5.30. The van der Waals surface area contributed by atoms with Gasteiger partial charge in [-0.15, -0.1) is 0 Å². The van der Waals surface area contributed by atoms with Gasteiger partial charge in [-0.05, 0) is 26.2 Å². The molecule has 0 saturated carbocycles. The summed E-state index contributed by atoms with van der Waals surface area (Å²) >= 11 is 0. The number of rotatable bonds is 4. The largest absolute Gasteiger partial charge is 0.478 e. The summed E-state index contributed by atoms with van der Waals surface area (Å²) in [7, 11) is 0. The summed E-state index contributed by atoms with van der Waals surface area (Å²) in [6.45, 7) is 13.2. The standard InChI is InChI=1S/C13H23N3O/c1-7-17-12-8-11(15-10(3)16-12)14-9(2)13(4,5)6/h8-9H,7H2,1-6H3,(H,14,15,16). The topological polar surface area (TPSA) is 47.0 Å². The average Bonchev–Trinajstić information content (AvgIpc) is 2.15. The van der Waals surface area contributed by atoms with Crippen LogP contribution >= 0.6 is 0 Å². The Labute approximate surface area is 104 Å². The molecular weight excluding hydrogens is 214 g/mol. The molecule has 0 aliphatic rings. The Bertz CT molecular complexity index is 371. The van der Waals surface area contributed by atoms with Crippen molar-refractivity contribution in [2.24, 2.45) is 5.41 Å². The highest BCUT2D eigenvalue weighted by atomic mass is 16.5. The molecule has 1 N–H and O–H groups in total. The third-order valence-electron chi connectivity index (χ3n) is 2.77. The first-order valence-electron chi connectivity index (χ1n) is 6.08. The number of nitrogens with one attached hydrogen (secondary N) is 1. The second-order valence-corrected chi connectivity index (χ2v) is 5.30. The van der Waals surface area contributed by atoms with Crippen LogP contribution in [0, 0.1) is 12.3 Å². The van der Waals surface area contributed by atoms with Crippen LogP contribution in [-0.4, -0.2) is 22.6 Å². The summed E-state index contributed by atoms with van der Waals surface area (Å²) in [4.78, 5) is 8.59. The van der Waals surface area contributed by atoms with Gasteiger partial charge < -0.3 is 10.1 Å². The maximum Gasteiger partial charge on any atom is 0.218 e. The van der Waals surface area contributed by atoms with Crippen molar-refractivity contribution >= 4 is 5.82 Å². The zero-order valence-electron chi connectivity index (χ0n) is 11.7. The average molecular weight is 237 g/mol. The van der Waals surface area contributed by atoms with E-state index in [-0.39, 0.29) is 5.41 Å². The van der Waals surface area contributed by atoms with Crippen LogP contribution in [0.1, 0.15) is 40.4 Å². The highest BCUT2D eigenvalue weighted by Gasteiger charge is 2.20. The molecule has 1 atom stereocenters. The van der Waals surface area contributed by atoms with E-state index in [1.807, 2.05) is 19.9 Å². The van der Waals surface area contributed by atoms with Crippen molar-refractivity contribution in [2.75, 3.05) is 11.9 Å². The quantitative estimate of drug-likeness (QED) is 0.874. The van der Waals surface area contributed by atoms with Crippen molar-refractivity contribution in [3.63, 3.8) is 0 Å². The van der Waals surface area contributed by atoms with Gasteiger partial charge in [0.15, 0.2) is 0 Å². The van der Waals surface area contributed by atoms with E-state index in [0.29, 0.717) is 18.5 Å². The Kier molecular flexibility index (Phi) is 4.32. The summed E-state index contributed by atoms with van der Waals surface area (Å²) in [6.07, 6.45) is 0. The fraction of sp³-hybridized carbons (Fsp3) is 0.692. The Morgan fingerprint density at radius 3 is 2.53 bits per heavy atom. The molecule has 0 aliphatic heterocycles. The summed E-state index contributed by atoms with van der Waals surface area (Å²) in [6, 6.07) is 2.17. The third-order valence-corrected chi connectivity index (χ3v) is 2.77. The molecule has 4 heteroatoms. The molecule has 1 rings (SSSR count). The predicted octanol–water partition coefficient (Wildman–Crippen LogP) is 3.03. The Morgan fingerprint density at radius 2 is 2.00 bits per heavy atom. The van der Waals surface area contributed by atoms with Gasteiger partial charge in [0, 0.05) is 12.1 Å². The molecule has 0 amide bonds. The molecule has 0 bridgehead atoms. The molecule has 0 spiro atoms. The van der Waals surface area contributed by atoms with Gasteiger partial charge >= 0.3 is 0 Å². The maximum atomic E-state index is 5.40. The SMILES string of the molecule is CCOc1cc(NC(C)C(C)(C)C)nc(C)n1. The molecule has 1 unspecified atom stereocenters. The second kappa shape index (κ2) is 5.34. The number of anilines is 1. The van der Waals surface area contributed by atoms with Crippen LogP contribution in [0.5, 0.6) is 5.88 Å². The lowest BCUT2D eigenvalue weighted by Gasteiger charge is -2.28. The molecule has 96 valence electrons. The summed E-state index contributed by atoms with van der Waals surface area (Å²) < 4.78 is 5.40. The van der Waals surface area contributed by atoms with E-state index in [0.717, 1.165) is 11.6 Å². The Morgan fingerprint density at radius 1 is 1.35 bits per heavy atom. The van der Waals surface area contributed by atoms with Crippen LogP contribution in [0.15, 0.2) is 6.07 Å². The van der Waals surface area contributed by atoms with Gasteiger partial charge in [0.05, 0.1) is 6.61 Å². The van der Waals surface area contributed by atoms with Crippen molar-refractivity contribution < 1.29 is 4.74 Å². The maximum absolute atomic E-state index is 5.40. The smallest absolute Gasteiger partial charge is 0.218 e. The van der Waals surface area contributed by atoms with E-state index in [9.17, 15) is 0 Å². The first-order chi connectivity index (χ1) is 7.82. The van der Waals surface area contributed by atoms with Crippen LogP contribution in [-0.2, 0) is 0 Å². The fourth-order valence-electron chi connectivity index (χ4n) is 1.27. The van der Waals surface area contributed by atoms with Gasteiger partial charge in [-0.3, -0.25) is 0 Å². The fourth-order valence-corrected chi connectivity index (χ4v) is 1.27. The van der Waals surface area contributed by atoms with E-state index in [2.05, 4.69) is 43.0 Å². The summed E-state index contributed by atoms with van der Waals surface area (Å²) in [5, 5.41) is 3.39. The molecule has 0 radical (unpaired) electrons. The normalized spacial score (nSPS) is 13.3. The lowest BCUT2D eigenvalue weighted by atomic mass is 9.88. The van der Waals surface area contributed by atoms with E-state index >= 15 is 0 Å². The van der Waals surface area contributed by atoms with Crippen LogP contribution in [0.2, 0.25) is 0 Å². The lowest BCUT2D eigenvalue weighted by molar-refractivity contribution is 0.325. The number of hydrogen-bond donors (Lipinski definition) is 1. The van der Waals surface area contributed by atoms with Crippen molar-refractivity contribution in [1.82, 2.24) is 9.97 Å². The van der Waals surface area contributed by atoms with Crippen molar-refractivity contribution in [3.8, 4) is 5.88 Å². The monoisotopic (exact) mass is 237 g/mol. The Balaban J connectivity index is 2.84. The minimum absolute atomic E-state index is 0.185. The first kappa shape index (κ1) is 13.7. The van der Waals surface area contributed by atoms with Gasteiger partial charge in [0.1, 0.15) is 11.6 Å². The highest BCUT2D eigenvalue weighted by Crippen LogP contribution is 2.23. The predicted molar refractivity (Wildman–Crippen MR) is 70.5 cm³/mol. The molecule has 0 saturated heterocycles. The van der Waals surface area contributed by atoms with E-state index in [1.54, 1.807) is 0 Å². The molecule has 0 fully saturated rings. The number of aryl methyl sites for hydroxylation is 1. The summed E-state index contributed by atoms with van der Waals surface area (Å²) in [5.41, 5.74) is 0.185. The molecule has 1 aromatic heterocycles. The van der Waals surface area contributed by atoms with Gasteiger partial charge in [-0.25, -0.2) is 4.98 Å². The highest BCUT2D eigenvalue weighted by molar-refractivity contribution is 5.39. The molecule has 1 heterocycles. The number of nitrogens with zero attached hydrogens (tertiary/aromatic N) is 2. The molecule has 0 aliphatic carbocycles. The number of hydrogen-bond acceptors (Lipinski definition) is 4.